The number of hydrogen-bond donors (Lipinski definition) is 2. The van der Waals surface area contributed by atoms with Crippen LogP contribution in [0.3, 0.4) is 0 Å². The number of amides is 1. The molecule has 1 aromatic carbocycles. The number of aliphatic hydroxyl groups is 1. The number of rotatable bonds is 9. The Bertz CT molecular complexity index is 2090. The fraction of sp³-hybridized carbons (Fsp3) is 0.528. The molecule has 0 spiro atoms. The number of halogens is 2. The maximum absolute atomic E-state index is 17.5. The van der Waals surface area contributed by atoms with E-state index in [1.807, 2.05) is 0 Å². The van der Waals surface area contributed by atoms with E-state index >= 15 is 8.78 Å². The lowest BCUT2D eigenvalue weighted by atomic mass is 9.93. The number of methoxy groups -OCH3 is 1. The first-order valence-electron chi connectivity index (χ1n) is 17.6. The molecule has 2 unspecified atom stereocenters. The van der Waals surface area contributed by atoms with Gasteiger partial charge in [-0.05, 0) is 49.7 Å². The SMILES string of the molecule is CO[C@H](C)CN1CC2CCC(C1)N2c1nc(OCC2CCN(C(=O)CO)CC2)nc2c(F)c(-c3ncc(F)c4sc(N)c(C#N)c34)c3c(c12)COC3. The van der Waals surface area contributed by atoms with E-state index in [1.165, 1.54) is 0 Å². The quantitative estimate of drug-likeness (QED) is 0.255. The van der Waals surface area contributed by atoms with Crippen molar-refractivity contribution in [2.24, 2.45) is 5.92 Å². The first-order chi connectivity index (χ1) is 25.2. The van der Waals surface area contributed by atoms with Gasteiger partial charge in [-0.25, -0.2) is 8.78 Å². The van der Waals surface area contributed by atoms with Gasteiger partial charge >= 0.3 is 6.01 Å². The Kier molecular flexibility index (Phi) is 9.33. The van der Waals surface area contributed by atoms with Gasteiger partial charge in [0.05, 0.1) is 53.5 Å². The zero-order valence-corrected chi connectivity index (χ0v) is 29.8. The summed E-state index contributed by atoms with van der Waals surface area (Å²) in [4.78, 5) is 32.5. The molecule has 0 radical (unpaired) electrons. The van der Waals surface area contributed by atoms with E-state index in [1.54, 1.807) is 12.0 Å². The summed E-state index contributed by atoms with van der Waals surface area (Å²) in [6.07, 6.45) is 4.36. The maximum Gasteiger partial charge on any atom is 0.319 e. The highest BCUT2D eigenvalue weighted by Crippen LogP contribution is 2.48. The van der Waals surface area contributed by atoms with Crippen LogP contribution in [0.2, 0.25) is 0 Å². The van der Waals surface area contributed by atoms with E-state index in [-0.39, 0.29) is 93.3 Å². The number of piperazine rings is 1. The number of anilines is 2. The average molecular weight is 735 g/mol. The zero-order valence-electron chi connectivity index (χ0n) is 29.0. The molecule has 0 saturated carbocycles. The smallest absolute Gasteiger partial charge is 0.319 e. The van der Waals surface area contributed by atoms with Gasteiger partial charge in [0.2, 0.25) is 5.91 Å². The number of nitriles is 1. The molecule has 4 aliphatic rings. The molecule has 1 amide bonds. The molecule has 4 aliphatic heterocycles. The van der Waals surface area contributed by atoms with Gasteiger partial charge in [-0.15, -0.1) is 11.3 Å². The molecule has 274 valence electrons. The molecule has 4 aromatic rings. The second kappa shape index (κ2) is 13.9. The first-order valence-corrected chi connectivity index (χ1v) is 18.5. The van der Waals surface area contributed by atoms with Crippen LogP contribution >= 0.6 is 11.3 Å². The minimum absolute atomic E-state index is 0.0321. The third-order valence-electron chi connectivity index (χ3n) is 11.1. The number of fused-ring (bicyclic) bond motifs is 6. The predicted molar refractivity (Wildman–Crippen MR) is 190 cm³/mol. The molecule has 8 rings (SSSR count). The minimum Gasteiger partial charge on any atom is -0.463 e. The second-order valence-corrected chi connectivity index (χ2v) is 15.2. The van der Waals surface area contributed by atoms with Crippen molar-refractivity contribution < 1.29 is 32.9 Å². The van der Waals surface area contributed by atoms with Crippen LogP contribution in [0.15, 0.2) is 6.20 Å². The number of nitrogens with two attached hydrogens (primary N) is 1. The minimum atomic E-state index is -0.683. The van der Waals surface area contributed by atoms with Crippen LogP contribution in [0.1, 0.15) is 49.3 Å². The summed E-state index contributed by atoms with van der Waals surface area (Å²) >= 11 is 0.929. The Morgan fingerprint density at radius 2 is 1.88 bits per heavy atom. The van der Waals surface area contributed by atoms with Crippen LogP contribution in [0, 0.1) is 28.9 Å². The van der Waals surface area contributed by atoms with Crippen LogP contribution < -0.4 is 15.4 Å². The number of aliphatic hydroxyl groups excluding tert-OH is 1. The molecular formula is C36H40F2N8O5S. The largest absolute Gasteiger partial charge is 0.463 e. The summed E-state index contributed by atoms with van der Waals surface area (Å²) < 4.78 is 50.5. The number of pyridine rings is 1. The van der Waals surface area contributed by atoms with Gasteiger partial charge in [0.25, 0.3) is 0 Å². The first kappa shape index (κ1) is 34.8. The maximum atomic E-state index is 17.5. The lowest BCUT2D eigenvalue weighted by Crippen LogP contribution is -2.55. The molecule has 0 aliphatic carbocycles. The monoisotopic (exact) mass is 734 g/mol. The molecule has 3 N–H and O–H groups in total. The summed E-state index contributed by atoms with van der Waals surface area (Å²) in [5.74, 6) is -0.926. The highest BCUT2D eigenvalue weighted by molar-refractivity contribution is 7.23. The molecule has 2 bridgehead atoms. The lowest BCUT2D eigenvalue weighted by molar-refractivity contribution is -0.135. The van der Waals surface area contributed by atoms with E-state index in [0.717, 1.165) is 55.6 Å². The van der Waals surface area contributed by atoms with Crippen molar-refractivity contribution in [2.45, 2.75) is 64.0 Å². The van der Waals surface area contributed by atoms with Crippen molar-refractivity contribution in [3.63, 3.8) is 0 Å². The zero-order chi connectivity index (χ0) is 36.3. The van der Waals surface area contributed by atoms with Gasteiger partial charge in [0.1, 0.15) is 29.0 Å². The Morgan fingerprint density at radius 1 is 1.15 bits per heavy atom. The Labute approximate surface area is 302 Å². The topological polar surface area (TPSA) is 163 Å². The summed E-state index contributed by atoms with van der Waals surface area (Å²) in [6, 6.07) is 2.33. The van der Waals surface area contributed by atoms with E-state index in [2.05, 4.69) is 27.8 Å². The normalized spacial score (nSPS) is 21.2. The fourth-order valence-corrected chi connectivity index (χ4v) is 9.36. The van der Waals surface area contributed by atoms with Crippen molar-refractivity contribution >= 4 is 49.1 Å². The van der Waals surface area contributed by atoms with Gasteiger partial charge in [0.15, 0.2) is 11.6 Å². The number of aromatic nitrogens is 3. The Balaban J connectivity index is 1.25. The van der Waals surface area contributed by atoms with E-state index < -0.39 is 18.2 Å². The predicted octanol–water partition coefficient (Wildman–Crippen LogP) is 3.97. The lowest BCUT2D eigenvalue weighted by Gasteiger charge is -2.43. The van der Waals surface area contributed by atoms with Crippen molar-refractivity contribution in [1.82, 2.24) is 24.8 Å². The molecule has 3 fully saturated rings. The van der Waals surface area contributed by atoms with E-state index in [9.17, 15) is 15.2 Å². The second-order valence-electron chi connectivity index (χ2n) is 14.2. The Morgan fingerprint density at radius 3 is 2.58 bits per heavy atom. The molecule has 13 nitrogen and oxygen atoms in total. The van der Waals surface area contributed by atoms with Crippen LogP contribution in [-0.4, -0.2) is 107 Å². The number of nitrogen functional groups attached to an aromatic ring is 1. The number of ether oxygens (including phenoxy) is 3. The van der Waals surface area contributed by atoms with Crippen molar-refractivity contribution in [2.75, 3.05) is 63.7 Å². The van der Waals surface area contributed by atoms with Gasteiger partial charge in [-0.2, -0.15) is 15.2 Å². The molecule has 52 heavy (non-hydrogen) atoms. The van der Waals surface area contributed by atoms with Gasteiger partial charge in [0, 0.05) is 62.9 Å². The number of carbonyl (C=O) groups is 1. The highest BCUT2D eigenvalue weighted by Gasteiger charge is 2.43. The molecule has 16 heteroatoms. The third kappa shape index (κ3) is 5.88. The standard InChI is InChI=1S/C36H40F2N8O5S/c1-18(49-2)11-44-12-20-3-4-21(13-44)46(20)35-29-24-17-50-16-23(24)27(31-28-22(9-39)34(40)52-33(28)25(37)10-41-31)30(38)32(29)42-36(43-35)51-15-19-5-7-45(8-6-19)26(48)14-47/h10,18-21,47H,3-8,11-17,40H2,1-2H3/t18-,20?,21?/m1/s1. The summed E-state index contributed by atoms with van der Waals surface area (Å²) in [7, 11) is 1.72. The number of likely N-dealkylation sites (tertiary alicyclic amines) is 2. The fourth-order valence-electron chi connectivity index (χ4n) is 8.44. The van der Waals surface area contributed by atoms with E-state index in [4.69, 9.17) is 29.9 Å². The number of thiophene rings is 1. The van der Waals surface area contributed by atoms with Crippen molar-refractivity contribution in [1.29, 1.82) is 5.26 Å². The van der Waals surface area contributed by atoms with Crippen LogP contribution in [-0.2, 0) is 27.5 Å². The van der Waals surface area contributed by atoms with Gasteiger partial charge < -0.3 is 34.9 Å². The molecule has 3 saturated heterocycles. The number of benzene rings is 1. The van der Waals surface area contributed by atoms with Crippen LogP contribution in [0.4, 0.5) is 19.6 Å². The molecule has 3 aromatic heterocycles. The van der Waals surface area contributed by atoms with E-state index in [0.29, 0.717) is 42.7 Å². The van der Waals surface area contributed by atoms with Crippen LogP contribution in [0.25, 0.3) is 32.2 Å². The van der Waals surface area contributed by atoms with Gasteiger partial charge in [-0.3, -0.25) is 14.7 Å². The van der Waals surface area contributed by atoms with Crippen LogP contribution in [0.5, 0.6) is 6.01 Å². The molecule has 3 atom stereocenters. The molecular weight excluding hydrogens is 695 g/mol. The average Bonchev–Trinajstić information content (AvgIpc) is 3.84. The number of piperidine rings is 1. The molecule has 7 heterocycles. The van der Waals surface area contributed by atoms with Crippen molar-refractivity contribution in [3.8, 4) is 23.3 Å². The summed E-state index contributed by atoms with van der Waals surface area (Å²) in [6.45, 7) is 5.49. The Hall–Kier alpha value is -4.27. The van der Waals surface area contributed by atoms with Crippen molar-refractivity contribution in [3.05, 3.63) is 34.5 Å². The summed E-state index contributed by atoms with van der Waals surface area (Å²) in [5, 5.41) is 20.1. The van der Waals surface area contributed by atoms with Gasteiger partial charge in [-0.1, -0.05) is 0 Å². The summed E-state index contributed by atoms with van der Waals surface area (Å²) in [5.41, 5.74) is 7.71. The third-order valence-corrected chi connectivity index (χ3v) is 12.1. The number of nitrogens with zero attached hydrogens (tertiary/aromatic N) is 7. The number of hydrogen-bond acceptors (Lipinski definition) is 13. The highest BCUT2D eigenvalue weighted by atomic mass is 32.1. The number of carbonyl (C=O) groups excluding carboxylic acids is 1.